The number of aromatic nitrogens is 1. The van der Waals surface area contributed by atoms with Crippen LogP contribution in [0.1, 0.15) is 22.2 Å². The molecule has 4 rings (SSSR count). The van der Waals surface area contributed by atoms with Crippen LogP contribution in [0.25, 0.3) is 10.2 Å². The summed E-state index contributed by atoms with van der Waals surface area (Å²) in [5.74, 6) is 0. The Morgan fingerprint density at radius 2 is 2.11 bits per heavy atom. The first-order chi connectivity index (χ1) is 9.29. The standard InChI is InChI=1S/C16H14N2S/c1-10-6-7-15-13(8-10)18-16(19-15)14-9-11-4-2-3-5-12(11)17-14/h2-8,14,17H,9H2,1H3. The van der Waals surface area contributed by atoms with Crippen LogP contribution in [0.15, 0.2) is 42.5 Å². The number of fused-ring (bicyclic) bond motifs is 2. The van der Waals surface area contributed by atoms with E-state index >= 15 is 0 Å². The normalized spacial score (nSPS) is 17.4. The molecule has 3 aromatic rings. The maximum atomic E-state index is 4.79. The fourth-order valence-corrected chi connectivity index (χ4v) is 3.65. The molecule has 1 unspecified atom stereocenters. The minimum Gasteiger partial charge on any atom is -0.375 e. The van der Waals surface area contributed by atoms with Crippen molar-refractivity contribution in [1.82, 2.24) is 4.98 Å². The third kappa shape index (κ3) is 1.81. The molecule has 2 nitrogen and oxygen atoms in total. The molecule has 1 aliphatic heterocycles. The number of para-hydroxylation sites is 1. The topological polar surface area (TPSA) is 24.9 Å². The van der Waals surface area contributed by atoms with E-state index in [1.54, 1.807) is 11.3 Å². The second kappa shape index (κ2) is 4.07. The molecule has 0 saturated carbocycles. The maximum absolute atomic E-state index is 4.79. The summed E-state index contributed by atoms with van der Waals surface area (Å²) < 4.78 is 1.28. The summed E-state index contributed by atoms with van der Waals surface area (Å²) in [5.41, 5.74) is 5.04. The second-order valence-electron chi connectivity index (χ2n) is 5.08. The van der Waals surface area contributed by atoms with E-state index in [1.807, 2.05) is 0 Å². The predicted molar refractivity (Wildman–Crippen MR) is 80.9 cm³/mol. The Morgan fingerprint density at radius 3 is 3.00 bits per heavy atom. The van der Waals surface area contributed by atoms with E-state index in [1.165, 1.54) is 26.5 Å². The molecule has 0 bridgehead atoms. The summed E-state index contributed by atoms with van der Waals surface area (Å²) in [5, 5.41) is 4.77. The molecule has 2 aromatic carbocycles. The van der Waals surface area contributed by atoms with Crippen LogP contribution in [0.2, 0.25) is 0 Å². The van der Waals surface area contributed by atoms with Crippen LogP contribution in [0.5, 0.6) is 0 Å². The molecule has 0 saturated heterocycles. The predicted octanol–water partition coefficient (Wildman–Crippen LogP) is 4.31. The zero-order valence-electron chi connectivity index (χ0n) is 10.7. The maximum Gasteiger partial charge on any atom is 0.116 e. The van der Waals surface area contributed by atoms with Crippen LogP contribution in [0.3, 0.4) is 0 Å². The minimum absolute atomic E-state index is 0.329. The highest BCUT2D eigenvalue weighted by atomic mass is 32.1. The lowest BCUT2D eigenvalue weighted by Crippen LogP contribution is -2.04. The largest absolute Gasteiger partial charge is 0.375 e. The zero-order chi connectivity index (χ0) is 12.8. The molecule has 94 valence electrons. The van der Waals surface area contributed by atoms with Gasteiger partial charge in [-0.25, -0.2) is 4.98 Å². The van der Waals surface area contributed by atoms with Gasteiger partial charge in [-0.05, 0) is 36.2 Å². The van der Waals surface area contributed by atoms with Gasteiger partial charge in [0.15, 0.2) is 0 Å². The first kappa shape index (κ1) is 11.0. The molecule has 1 aromatic heterocycles. The van der Waals surface area contributed by atoms with Gasteiger partial charge in [0.25, 0.3) is 0 Å². The van der Waals surface area contributed by atoms with Crippen molar-refractivity contribution in [3.8, 4) is 0 Å². The van der Waals surface area contributed by atoms with E-state index in [-0.39, 0.29) is 0 Å². The summed E-state index contributed by atoms with van der Waals surface area (Å²) in [6, 6.07) is 15.3. The molecule has 2 heterocycles. The first-order valence-corrected chi connectivity index (χ1v) is 7.33. The monoisotopic (exact) mass is 266 g/mol. The fourth-order valence-electron chi connectivity index (χ4n) is 2.65. The summed E-state index contributed by atoms with van der Waals surface area (Å²) in [4.78, 5) is 4.79. The van der Waals surface area contributed by atoms with Crippen molar-refractivity contribution in [2.45, 2.75) is 19.4 Å². The molecule has 0 amide bonds. The Hall–Kier alpha value is -1.87. The Morgan fingerprint density at radius 1 is 1.21 bits per heavy atom. The van der Waals surface area contributed by atoms with E-state index in [0.29, 0.717) is 6.04 Å². The molecule has 1 N–H and O–H groups in total. The summed E-state index contributed by atoms with van der Waals surface area (Å²) >= 11 is 1.80. The summed E-state index contributed by atoms with van der Waals surface area (Å²) in [6.45, 7) is 2.11. The fraction of sp³-hybridized carbons (Fsp3) is 0.188. The van der Waals surface area contributed by atoms with Crippen molar-refractivity contribution in [3.63, 3.8) is 0 Å². The number of aryl methyl sites for hydroxylation is 1. The number of benzene rings is 2. The van der Waals surface area contributed by atoms with Crippen LogP contribution in [0, 0.1) is 6.92 Å². The summed E-state index contributed by atoms with van der Waals surface area (Å²) in [6.07, 6.45) is 1.04. The van der Waals surface area contributed by atoms with Crippen LogP contribution in [-0.2, 0) is 6.42 Å². The van der Waals surface area contributed by atoms with Crippen LogP contribution >= 0.6 is 11.3 Å². The molecule has 0 radical (unpaired) electrons. The highest BCUT2D eigenvalue weighted by Gasteiger charge is 2.24. The van der Waals surface area contributed by atoms with E-state index in [2.05, 4.69) is 54.7 Å². The molecule has 19 heavy (non-hydrogen) atoms. The number of nitrogens with one attached hydrogen (secondary N) is 1. The number of nitrogens with zero attached hydrogens (tertiary/aromatic N) is 1. The van der Waals surface area contributed by atoms with Crippen molar-refractivity contribution < 1.29 is 0 Å². The highest BCUT2D eigenvalue weighted by Crippen LogP contribution is 2.37. The number of rotatable bonds is 1. The van der Waals surface area contributed by atoms with Gasteiger partial charge < -0.3 is 5.32 Å². The average Bonchev–Trinajstić information content (AvgIpc) is 3.00. The Balaban J connectivity index is 1.73. The van der Waals surface area contributed by atoms with Crippen molar-refractivity contribution in [3.05, 3.63) is 58.6 Å². The second-order valence-corrected chi connectivity index (χ2v) is 6.14. The van der Waals surface area contributed by atoms with Crippen LogP contribution < -0.4 is 5.32 Å². The molecule has 3 heteroatoms. The van der Waals surface area contributed by atoms with Gasteiger partial charge >= 0.3 is 0 Å². The van der Waals surface area contributed by atoms with E-state index in [4.69, 9.17) is 4.98 Å². The van der Waals surface area contributed by atoms with Crippen molar-refractivity contribution >= 4 is 27.2 Å². The van der Waals surface area contributed by atoms with Crippen molar-refractivity contribution in [1.29, 1.82) is 0 Å². The zero-order valence-corrected chi connectivity index (χ0v) is 11.5. The Kier molecular flexibility index (Phi) is 2.35. The molecule has 0 aliphatic carbocycles. The van der Waals surface area contributed by atoms with E-state index in [0.717, 1.165) is 11.9 Å². The lowest BCUT2D eigenvalue weighted by molar-refractivity contribution is 0.816. The van der Waals surface area contributed by atoms with Crippen LogP contribution in [0.4, 0.5) is 5.69 Å². The van der Waals surface area contributed by atoms with Gasteiger partial charge in [-0.3, -0.25) is 0 Å². The average molecular weight is 266 g/mol. The van der Waals surface area contributed by atoms with Gasteiger partial charge in [-0.15, -0.1) is 11.3 Å². The lowest BCUT2D eigenvalue weighted by Gasteiger charge is -2.06. The molecule has 1 aliphatic rings. The molecule has 0 spiro atoms. The smallest absolute Gasteiger partial charge is 0.116 e. The van der Waals surface area contributed by atoms with Gasteiger partial charge in [0.2, 0.25) is 0 Å². The van der Waals surface area contributed by atoms with Gasteiger partial charge in [0.1, 0.15) is 5.01 Å². The number of hydrogen-bond donors (Lipinski definition) is 1. The molecule has 0 fully saturated rings. The third-order valence-electron chi connectivity index (χ3n) is 3.63. The number of hydrogen-bond acceptors (Lipinski definition) is 3. The SMILES string of the molecule is Cc1ccc2sc(C3Cc4ccccc4N3)nc2c1. The van der Waals surface area contributed by atoms with E-state index < -0.39 is 0 Å². The Bertz CT molecular complexity index is 735. The first-order valence-electron chi connectivity index (χ1n) is 6.51. The van der Waals surface area contributed by atoms with Gasteiger partial charge in [0, 0.05) is 12.1 Å². The number of thiazole rings is 1. The van der Waals surface area contributed by atoms with Gasteiger partial charge in [-0.1, -0.05) is 24.3 Å². The highest BCUT2D eigenvalue weighted by molar-refractivity contribution is 7.18. The third-order valence-corrected chi connectivity index (χ3v) is 4.78. The number of anilines is 1. The lowest BCUT2D eigenvalue weighted by atomic mass is 10.1. The summed E-state index contributed by atoms with van der Waals surface area (Å²) in [7, 11) is 0. The van der Waals surface area contributed by atoms with E-state index in [9.17, 15) is 0 Å². The van der Waals surface area contributed by atoms with Crippen molar-refractivity contribution in [2.75, 3.05) is 5.32 Å². The minimum atomic E-state index is 0.329. The van der Waals surface area contributed by atoms with Crippen molar-refractivity contribution in [2.24, 2.45) is 0 Å². The molecular formula is C16H14N2S. The molecular weight excluding hydrogens is 252 g/mol. The Labute approximate surface area is 116 Å². The van der Waals surface area contributed by atoms with Crippen LogP contribution in [-0.4, -0.2) is 4.98 Å². The van der Waals surface area contributed by atoms with Gasteiger partial charge in [-0.2, -0.15) is 0 Å². The quantitative estimate of drug-likeness (QED) is 0.709. The molecule has 1 atom stereocenters. The van der Waals surface area contributed by atoms with Gasteiger partial charge in [0.05, 0.1) is 16.3 Å².